The van der Waals surface area contributed by atoms with Gasteiger partial charge in [-0.15, -0.1) is 23.7 Å². The number of nitrogens with one attached hydrogen (secondary N) is 1. The van der Waals surface area contributed by atoms with E-state index in [4.69, 9.17) is 10.5 Å². The van der Waals surface area contributed by atoms with Gasteiger partial charge in [0.05, 0.1) is 17.5 Å². The molecular weight excluding hydrogens is 352 g/mol. The molecule has 1 aromatic heterocycles. The Labute approximate surface area is 131 Å². The van der Waals surface area contributed by atoms with Gasteiger partial charge in [0.25, 0.3) is 5.91 Å². The van der Waals surface area contributed by atoms with Crippen LogP contribution in [-0.4, -0.2) is 25.1 Å². The Balaban J connectivity index is 0.00000180. The van der Waals surface area contributed by atoms with Gasteiger partial charge in [-0.1, -0.05) is 12.8 Å². The Hall–Kier alpha value is -0.300. The van der Waals surface area contributed by atoms with Crippen molar-refractivity contribution in [3.05, 3.63) is 14.7 Å². The van der Waals surface area contributed by atoms with Crippen LogP contribution in [0.3, 0.4) is 0 Å². The summed E-state index contributed by atoms with van der Waals surface area (Å²) < 4.78 is 5.99. The van der Waals surface area contributed by atoms with E-state index in [1.54, 1.807) is 13.2 Å². The van der Waals surface area contributed by atoms with E-state index >= 15 is 0 Å². The quantitative estimate of drug-likeness (QED) is 0.857. The third-order valence-electron chi connectivity index (χ3n) is 3.43. The fourth-order valence-corrected chi connectivity index (χ4v) is 3.88. The standard InChI is InChI=1S/C12H17BrN2O2S.ClH/c1-17-8-6-9(18-10(8)13)11(16)15-12(7-14)4-2-3-5-12;/h6H,2-5,7,14H2,1H3,(H,15,16);1H. The number of carbonyl (C=O) groups is 1. The van der Waals surface area contributed by atoms with Gasteiger partial charge in [-0.05, 0) is 28.8 Å². The second-order valence-corrected chi connectivity index (χ2v) is 6.97. The van der Waals surface area contributed by atoms with Crippen molar-refractivity contribution in [3.63, 3.8) is 0 Å². The zero-order chi connectivity index (χ0) is 13.2. The van der Waals surface area contributed by atoms with Gasteiger partial charge in [0.1, 0.15) is 9.54 Å². The van der Waals surface area contributed by atoms with Crippen molar-refractivity contribution in [2.45, 2.75) is 31.2 Å². The summed E-state index contributed by atoms with van der Waals surface area (Å²) in [6, 6.07) is 1.75. The lowest BCUT2D eigenvalue weighted by molar-refractivity contribution is 0.0907. The van der Waals surface area contributed by atoms with Crippen LogP contribution in [0.1, 0.15) is 35.4 Å². The van der Waals surface area contributed by atoms with E-state index in [2.05, 4.69) is 21.2 Å². The highest BCUT2D eigenvalue weighted by molar-refractivity contribution is 9.11. The largest absolute Gasteiger partial charge is 0.495 e. The van der Waals surface area contributed by atoms with Gasteiger partial charge in [0.2, 0.25) is 0 Å². The molecule has 108 valence electrons. The third kappa shape index (κ3) is 3.62. The molecular formula is C12H18BrClN2O2S. The van der Waals surface area contributed by atoms with Crippen LogP contribution >= 0.6 is 39.7 Å². The number of carbonyl (C=O) groups excluding carboxylic acids is 1. The number of amides is 1. The molecule has 0 radical (unpaired) electrons. The molecule has 0 bridgehead atoms. The fraction of sp³-hybridized carbons (Fsp3) is 0.583. The molecule has 0 saturated heterocycles. The summed E-state index contributed by atoms with van der Waals surface area (Å²) in [5.41, 5.74) is 5.60. The average Bonchev–Trinajstić information content (AvgIpc) is 2.96. The average molecular weight is 370 g/mol. The summed E-state index contributed by atoms with van der Waals surface area (Å²) >= 11 is 4.76. The van der Waals surface area contributed by atoms with Gasteiger partial charge in [-0.2, -0.15) is 0 Å². The zero-order valence-corrected chi connectivity index (χ0v) is 13.9. The molecule has 19 heavy (non-hydrogen) atoms. The molecule has 4 nitrogen and oxygen atoms in total. The van der Waals surface area contributed by atoms with Crippen molar-refractivity contribution < 1.29 is 9.53 Å². The third-order valence-corrected chi connectivity index (χ3v) is 5.21. The van der Waals surface area contributed by atoms with Crippen LogP contribution in [0.2, 0.25) is 0 Å². The van der Waals surface area contributed by atoms with Gasteiger partial charge in [-0.25, -0.2) is 0 Å². The predicted octanol–water partition coefficient (Wildman–Crippen LogP) is 2.94. The van der Waals surface area contributed by atoms with Crippen LogP contribution < -0.4 is 15.8 Å². The normalized spacial score (nSPS) is 16.8. The topological polar surface area (TPSA) is 64.3 Å². The van der Waals surface area contributed by atoms with E-state index in [9.17, 15) is 4.79 Å². The highest BCUT2D eigenvalue weighted by Crippen LogP contribution is 2.35. The fourth-order valence-electron chi connectivity index (χ4n) is 2.34. The van der Waals surface area contributed by atoms with Crippen LogP contribution in [0.25, 0.3) is 0 Å². The highest BCUT2D eigenvalue weighted by Gasteiger charge is 2.34. The highest BCUT2D eigenvalue weighted by atomic mass is 79.9. The smallest absolute Gasteiger partial charge is 0.262 e. The maximum Gasteiger partial charge on any atom is 0.262 e. The van der Waals surface area contributed by atoms with Crippen LogP contribution in [0.5, 0.6) is 5.75 Å². The predicted molar refractivity (Wildman–Crippen MR) is 83.5 cm³/mol. The number of thiophene rings is 1. The Morgan fingerprint density at radius 3 is 2.68 bits per heavy atom. The molecule has 2 rings (SSSR count). The SMILES string of the molecule is COc1cc(C(=O)NC2(CN)CCCC2)sc1Br.Cl. The monoisotopic (exact) mass is 368 g/mol. The summed E-state index contributed by atoms with van der Waals surface area (Å²) in [6.07, 6.45) is 4.21. The maximum atomic E-state index is 12.2. The van der Waals surface area contributed by atoms with Gasteiger partial charge in [-0.3, -0.25) is 4.79 Å². The molecule has 0 aliphatic heterocycles. The molecule has 1 aromatic rings. The molecule has 0 spiro atoms. The minimum atomic E-state index is -0.208. The zero-order valence-electron chi connectivity index (χ0n) is 10.7. The van der Waals surface area contributed by atoms with Gasteiger partial charge >= 0.3 is 0 Å². The number of ether oxygens (including phenoxy) is 1. The first-order valence-electron chi connectivity index (χ1n) is 5.96. The Kier molecular flexibility index (Phi) is 6.11. The van der Waals surface area contributed by atoms with Crippen molar-refractivity contribution in [1.82, 2.24) is 5.32 Å². The van der Waals surface area contributed by atoms with E-state index in [1.165, 1.54) is 11.3 Å². The Bertz CT molecular complexity index is 447. The Morgan fingerprint density at radius 2 is 2.21 bits per heavy atom. The van der Waals surface area contributed by atoms with E-state index < -0.39 is 0 Å². The van der Waals surface area contributed by atoms with Crippen molar-refractivity contribution in [2.75, 3.05) is 13.7 Å². The molecule has 1 aliphatic rings. The van der Waals surface area contributed by atoms with Crippen LogP contribution in [0.15, 0.2) is 9.85 Å². The van der Waals surface area contributed by atoms with Crippen molar-refractivity contribution in [2.24, 2.45) is 5.73 Å². The van der Waals surface area contributed by atoms with Gasteiger partial charge < -0.3 is 15.8 Å². The summed E-state index contributed by atoms with van der Waals surface area (Å²) in [5.74, 6) is 0.634. The van der Waals surface area contributed by atoms with Crippen molar-refractivity contribution in [1.29, 1.82) is 0 Å². The number of hydrogen-bond donors (Lipinski definition) is 2. The molecule has 0 unspecified atom stereocenters. The lowest BCUT2D eigenvalue weighted by Crippen LogP contribution is -2.51. The van der Waals surface area contributed by atoms with E-state index in [0.717, 1.165) is 29.5 Å². The van der Waals surface area contributed by atoms with Crippen molar-refractivity contribution in [3.8, 4) is 5.75 Å². The molecule has 1 aliphatic carbocycles. The minimum absolute atomic E-state index is 0. The van der Waals surface area contributed by atoms with Crippen molar-refractivity contribution >= 4 is 45.6 Å². The molecule has 7 heteroatoms. The number of methoxy groups -OCH3 is 1. The van der Waals surface area contributed by atoms with Crippen LogP contribution in [-0.2, 0) is 0 Å². The number of rotatable bonds is 4. The van der Waals surface area contributed by atoms with Crippen LogP contribution in [0.4, 0.5) is 0 Å². The molecule has 0 atom stereocenters. The maximum absolute atomic E-state index is 12.2. The van der Waals surface area contributed by atoms with Gasteiger partial charge in [0, 0.05) is 12.6 Å². The number of halogens is 2. The van der Waals surface area contributed by atoms with E-state index in [0.29, 0.717) is 17.2 Å². The summed E-state index contributed by atoms with van der Waals surface area (Å²) in [5, 5.41) is 3.09. The lowest BCUT2D eigenvalue weighted by Gasteiger charge is -2.28. The van der Waals surface area contributed by atoms with E-state index in [-0.39, 0.29) is 23.9 Å². The second kappa shape index (κ2) is 6.92. The van der Waals surface area contributed by atoms with Crippen LogP contribution in [0, 0.1) is 0 Å². The molecule has 1 saturated carbocycles. The molecule has 1 amide bonds. The summed E-state index contributed by atoms with van der Waals surface area (Å²) in [7, 11) is 1.59. The molecule has 1 fully saturated rings. The molecule has 0 aromatic carbocycles. The summed E-state index contributed by atoms with van der Waals surface area (Å²) in [4.78, 5) is 12.9. The first kappa shape index (κ1) is 16.8. The first-order chi connectivity index (χ1) is 8.60. The summed E-state index contributed by atoms with van der Waals surface area (Å²) in [6.45, 7) is 0.502. The second-order valence-electron chi connectivity index (χ2n) is 4.60. The molecule has 1 heterocycles. The van der Waals surface area contributed by atoms with Gasteiger partial charge in [0.15, 0.2) is 0 Å². The first-order valence-corrected chi connectivity index (χ1v) is 7.57. The Morgan fingerprint density at radius 1 is 1.58 bits per heavy atom. The number of nitrogens with two attached hydrogens (primary N) is 1. The molecule has 3 N–H and O–H groups in total. The lowest BCUT2D eigenvalue weighted by atomic mass is 9.98. The minimum Gasteiger partial charge on any atom is -0.495 e. The van der Waals surface area contributed by atoms with E-state index in [1.807, 2.05) is 0 Å². The number of hydrogen-bond acceptors (Lipinski definition) is 4.